The Balaban J connectivity index is 1.83. The van der Waals surface area contributed by atoms with E-state index in [-0.39, 0.29) is 17.2 Å². The van der Waals surface area contributed by atoms with Gasteiger partial charge >= 0.3 is 6.18 Å². The van der Waals surface area contributed by atoms with E-state index in [0.717, 1.165) is 24.3 Å². The molecule has 0 saturated heterocycles. The molecule has 0 radical (unpaired) electrons. The Hall–Kier alpha value is -4.36. The van der Waals surface area contributed by atoms with Crippen LogP contribution < -0.4 is 5.32 Å². The number of hydrogen-bond donors (Lipinski definition) is 1. The zero-order valence-electron chi connectivity index (χ0n) is 15.0. The van der Waals surface area contributed by atoms with Crippen molar-refractivity contribution in [3.05, 3.63) is 73.3 Å². The van der Waals surface area contributed by atoms with E-state index in [1.807, 2.05) is 5.32 Å². The van der Waals surface area contributed by atoms with Crippen molar-refractivity contribution in [2.24, 2.45) is 0 Å². The van der Waals surface area contributed by atoms with Crippen LogP contribution in [0.25, 0.3) is 0 Å². The molecule has 11 nitrogen and oxygen atoms in total. The van der Waals surface area contributed by atoms with Gasteiger partial charge in [0.1, 0.15) is 6.54 Å². The topological polar surface area (TPSA) is 153 Å². The maximum atomic E-state index is 13.2. The molecule has 0 spiro atoms. The number of amides is 3. The van der Waals surface area contributed by atoms with E-state index in [9.17, 15) is 47.8 Å². The molecule has 0 aromatic heterocycles. The Labute approximate surface area is 169 Å². The number of nitrogens with zero attached hydrogens (tertiary/aromatic N) is 3. The molecule has 2 aromatic rings. The number of hydrogen-bond acceptors (Lipinski definition) is 7. The van der Waals surface area contributed by atoms with Gasteiger partial charge in [-0.3, -0.25) is 39.5 Å². The van der Waals surface area contributed by atoms with Gasteiger partial charge in [-0.15, -0.1) is 0 Å². The number of carbonyl (C=O) groups excluding carboxylic acids is 3. The predicted molar refractivity (Wildman–Crippen MR) is 95.2 cm³/mol. The highest BCUT2D eigenvalue weighted by Crippen LogP contribution is 2.37. The van der Waals surface area contributed by atoms with Gasteiger partial charge in [-0.1, -0.05) is 0 Å². The van der Waals surface area contributed by atoms with Crippen molar-refractivity contribution in [2.45, 2.75) is 6.18 Å². The van der Waals surface area contributed by atoms with E-state index >= 15 is 0 Å². The number of carbonyl (C=O) groups is 3. The molecule has 3 amide bonds. The Morgan fingerprint density at radius 2 is 1.48 bits per heavy atom. The molecular weight excluding hydrogens is 429 g/mol. The number of nitro benzene ring substituents is 2. The van der Waals surface area contributed by atoms with Gasteiger partial charge in [-0.2, -0.15) is 13.2 Å². The van der Waals surface area contributed by atoms with E-state index in [2.05, 4.69) is 0 Å². The van der Waals surface area contributed by atoms with E-state index in [0.29, 0.717) is 11.0 Å². The van der Waals surface area contributed by atoms with Crippen LogP contribution in [0, 0.1) is 20.2 Å². The lowest BCUT2D eigenvalue weighted by atomic mass is 10.1. The number of alkyl halides is 3. The fourth-order valence-corrected chi connectivity index (χ4v) is 2.86. The quantitative estimate of drug-likeness (QED) is 0.428. The van der Waals surface area contributed by atoms with Crippen molar-refractivity contribution in [3.63, 3.8) is 0 Å². The first-order chi connectivity index (χ1) is 14.4. The van der Waals surface area contributed by atoms with Crippen LogP contribution >= 0.6 is 0 Å². The summed E-state index contributed by atoms with van der Waals surface area (Å²) in [4.78, 5) is 57.0. The van der Waals surface area contributed by atoms with Crippen LogP contribution in [0.4, 0.5) is 30.2 Å². The predicted octanol–water partition coefficient (Wildman–Crippen LogP) is 2.76. The van der Waals surface area contributed by atoms with Crippen molar-refractivity contribution in [1.82, 2.24) is 4.90 Å². The molecule has 2 aromatic carbocycles. The molecule has 0 saturated carbocycles. The van der Waals surface area contributed by atoms with Crippen LogP contribution in [0.3, 0.4) is 0 Å². The number of nitro groups is 2. The molecule has 0 unspecified atom stereocenters. The second-order valence-corrected chi connectivity index (χ2v) is 6.22. The third kappa shape index (κ3) is 4.03. The largest absolute Gasteiger partial charge is 0.418 e. The van der Waals surface area contributed by atoms with E-state index in [1.54, 1.807) is 0 Å². The molecule has 0 atom stereocenters. The molecule has 0 aliphatic carbocycles. The summed E-state index contributed by atoms with van der Waals surface area (Å²) in [6, 6.07) is 4.52. The first-order valence-electron chi connectivity index (χ1n) is 8.20. The molecule has 31 heavy (non-hydrogen) atoms. The molecule has 0 fully saturated rings. The van der Waals surface area contributed by atoms with Gasteiger partial charge in [-0.05, 0) is 12.1 Å². The van der Waals surface area contributed by atoms with Crippen LogP contribution in [-0.2, 0) is 11.0 Å². The highest BCUT2D eigenvalue weighted by Gasteiger charge is 2.39. The van der Waals surface area contributed by atoms with Gasteiger partial charge in [0.05, 0.1) is 32.2 Å². The monoisotopic (exact) mass is 438 g/mol. The summed E-state index contributed by atoms with van der Waals surface area (Å²) in [6.07, 6.45) is -5.04. The van der Waals surface area contributed by atoms with Gasteiger partial charge in [0.25, 0.3) is 23.2 Å². The van der Waals surface area contributed by atoms with Gasteiger partial charge in [0, 0.05) is 24.3 Å². The van der Waals surface area contributed by atoms with Crippen LogP contribution in [-0.4, -0.2) is 39.0 Å². The van der Waals surface area contributed by atoms with E-state index in [1.165, 1.54) is 0 Å². The van der Waals surface area contributed by atoms with Crippen molar-refractivity contribution in [1.29, 1.82) is 0 Å². The number of fused-ring (bicyclic) bond motifs is 1. The molecular formula is C17H9F3N4O7. The van der Waals surface area contributed by atoms with E-state index in [4.69, 9.17) is 0 Å². The third-order valence-electron chi connectivity index (χ3n) is 4.26. The Kier molecular flexibility index (Phi) is 5.15. The fourth-order valence-electron chi connectivity index (χ4n) is 2.86. The van der Waals surface area contributed by atoms with Gasteiger partial charge in [0.15, 0.2) is 0 Å². The normalized spacial score (nSPS) is 13.2. The summed E-state index contributed by atoms with van der Waals surface area (Å²) >= 11 is 0. The van der Waals surface area contributed by atoms with E-state index < -0.39 is 62.9 Å². The molecule has 1 aliphatic rings. The van der Waals surface area contributed by atoms with Crippen LogP contribution in [0.2, 0.25) is 0 Å². The van der Waals surface area contributed by atoms with Gasteiger partial charge < -0.3 is 5.32 Å². The second kappa shape index (κ2) is 7.47. The Bertz CT molecular complexity index is 1160. The van der Waals surface area contributed by atoms with Crippen molar-refractivity contribution in [2.75, 3.05) is 11.9 Å². The number of benzene rings is 2. The smallest absolute Gasteiger partial charge is 0.324 e. The number of non-ortho nitro benzene ring substituents is 2. The third-order valence-corrected chi connectivity index (χ3v) is 4.26. The number of nitrogens with one attached hydrogen (secondary N) is 1. The maximum absolute atomic E-state index is 13.2. The molecule has 1 aliphatic heterocycles. The van der Waals surface area contributed by atoms with Crippen molar-refractivity contribution in [3.8, 4) is 0 Å². The summed E-state index contributed by atoms with van der Waals surface area (Å²) in [5.41, 5.74) is -4.14. The lowest BCUT2D eigenvalue weighted by Crippen LogP contribution is -2.37. The Morgan fingerprint density at radius 3 is 2.06 bits per heavy atom. The number of rotatable bonds is 5. The molecule has 3 rings (SSSR count). The second-order valence-electron chi connectivity index (χ2n) is 6.22. The SMILES string of the molecule is O=C(CN1C(=O)c2ccc([N+](=O)[O-])cc2C1=O)Nc1ccc([N+](=O)[O-])cc1C(F)(F)F. The zero-order valence-corrected chi connectivity index (χ0v) is 15.0. The zero-order chi connectivity index (χ0) is 23.1. The van der Waals surface area contributed by atoms with Crippen LogP contribution in [0.1, 0.15) is 26.3 Å². The van der Waals surface area contributed by atoms with Gasteiger partial charge in [0.2, 0.25) is 5.91 Å². The fraction of sp³-hybridized carbons (Fsp3) is 0.118. The minimum atomic E-state index is -5.04. The Morgan fingerprint density at radius 1 is 0.935 bits per heavy atom. The molecule has 0 bridgehead atoms. The minimum Gasteiger partial charge on any atom is -0.324 e. The first-order valence-corrected chi connectivity index (χ1v) is 8.20. The molecule has 160 valence electrons. The number of halogens is 3. The summed E-state index contributed by atoms with van der Waals surface area (Å²) in [7, 11) is 0. The molecule has 1 N–H and O–H groups in total. The summed E-state index contributed by atoms with van der Waals surface area (Å²) < 4.78 is 39.6. The lowest BCUT2D eigenvalue weighted by Gasteiger charge is -2.16. The minimum absolute atomic E-state index is 0.199. The van der Waals surface area contributed by atoms with Crippen molar-refractivity contribution < 1.29 is 37.4 Å². The summed E-state index contributed by atoms with van der Waals surface area (Å²) in [5, 5.41) is 23.4. The van der Waals surface area contributed by atoms with Crippen molar-refractivity contribution >= 4 is 34.8 Å². The highest BCUT2D eigenvalue weighted by atomic mass is 19.4. The lowest BCUT2D eigenvalue weighted by molar-refractivity contribution is -0.385. The number of anilines is 1. The summed E-state index contributed by atoms with van der Waals surface area (Å²) in [6.45, 7) is -0.978. The standard InChI is InChI=1S/C17H9F3N4O7/c18-17(19,20)12-6-9(24(30)31)2-4-13(12)21-14(25)7-22-15(26)10-3-1-8(23(28)29)5-11(10)16(22)27/h1-6H,7H2,(H,21,25). The molecule has 1 heterocycles. The highest BCUT2D eigenvalue weighted by molar-refractivity contribution is 6.23. The maximum Gasteiger partial charge on any atom is 0.418 e. The van der Waals surface area contributed by atoms with Crippen LogP contribution in [0.15, 0.2) is 36.4 Å². The first kappa shape index (κ1) is 21.4. The average Bonchev–Trinajstić information content (AvgIpc) is 2.91. The van der Waals surface area contributed by atoms with Gasteiger partial charge in [-0.25, -0.2) is 0 Å². The number of imide groups is 1. The van der Waals surface area contributed by atoms with Crippen LogP contribution in [0.5, 0.6) is 0 Å². The summed E-state index contributed by atoms with van der Waals surface area (Å²) in [5.74, 6) is -3.17. The molecule has 14 heteroatoms. The average molecular weight is 438 g/mol.